The fourth-order valence-corrected chi connectivity index (χ4v) is 15.3. The van der Waals surface area contributed by atoms with Gasteiger partial charge >= 0.3 is 0 Å². The van der Waals surface area contributed by atoms with E-state index in [0.29, 0.717) is 0 Å². The van der Waals surface area contributed by atoms with E-state index in [0.717, 1.165) is 44.1 Å². The van der Waals surface area contributed by atoms with Gasteiger partial charge in [0.1, 0.15) is 11.2 Å². The molecule has 0 aliphatic carbocycles. The van der Waals surface area contributed by atoms with E-state index in [1.165, 1.54) is 143 Å². The highest BCUT2D eigenvalue weighted by Crippen LogP contribution is 2.50. The first-order chi connectivity index (χ1) is 45.2. The Morgan fingerprint density at radius 1 is 0.187 bits per heavy atom. The number of hydrogen-bond acceptors (Lipinski definition) is 1. The number of aromatic nitrogens is 2. The number of fused-ring (bicyclic) bond motifs is 13. The molecule has 0 saturated heterocycles. The second-order valence-electron chi connectivity index (χ2n) is 24.2. The van der Waals surface area contributed by atoms with Crippen molar-refractivity contribution in [2.75, 3.05) is 0 Å². The maximum absolute atomic E-state index is 6.98. The lowest BCUT2D eigenvalue weighted by atomic mass is 9.87. The Hall–Kier alpha value is -12.0. The van der Waals surface area contributed by atoms with E-state index >= 15 is 0 Å². The van der Waals surface area contributed by atoms with Crippen molar-refractivity contribution in [3.63, 3.8) is 0 Å². The SMILES string of the molecule is c1ccc(-c2ccc3c(c2)c2cc(-c4ccccc4)ccc2n3-c2c3ccccc3c(-c3ccc4oc5cccc(-c6c7ccccc7c(-n7c8ccc(-c9ccccc9)cc8c8cc(-c9ccccc9)ccc87)c7ccccc67)c5c4c3)c3ccccc23)cc1. The summed E-state index contributed by atoms with van der Waals surface area (Å²) in [4.78, 5) is 0. The summed E-state index contributed by atoms with van der Waals surface area (Å²) in [6, 6.07) is 121. The molecule has 422 valence electrons. The van der Waals surface area contributed by atoms with Gasteiger partial charge in [-0.25, -0.2) is 0 Å². The predicted octanol–water partition coefficient (Wildman–Crippen LogP) is 24.4. The highest BCUT2D eigenvalue weighted by Gasteiger charge is 2.26. The van der Waals surface area contributed by atoms with E-state index in [1.807, 2.05) is 0 Å². The highest BCUT2D eigenvalue weighted by molar-refractivity contribution is 6.27. The van der Waals surface area contributed by atoms with Gasteiger partial charge in [0.25, 0.3) is 0 Å². The minimum Gasteiger partial charge on any atom is -0.456 e. The Bertz CT molecular complexity index is 5860. The molecule has 0 bridgehead atoms. The van der Waals surface area contributed by atoms with Crippen LogP contribution in [0.1, 0.15) is 0 Å². The van der Waals surface area contributed by atoms with Crippen LogP contribution in [0.2, 0.25) is 0 Å². The largest absolute Gasteiger partial charge is 0.456 e. The molecule has 91 heavy (non-hydrogen) atoms. The Kier molecular flexibility index (Phi) is 11.4. The Morgan fingerprint density at radius 3 is 0.857 bits per heavy atom. The lowest BCUT2D eigenvalue weighted by Gasteiger charge is -2.20. The lowest BCUT2D eigenvalue weighted by Crippen LogP contribution is -1.99. The standard InChI is InChI=1S/C88H54N2O/c1-5-22-55(23-6-1)59-40-45-78-73(50-59)74-51-60(56-24-7-2-8-25-56)41-46-79(74)89(78)87-68-34-17-13-30-64(68)84(65-31-14-18-35-69(65)87)63-44-49-82-77(54-63)86-72(38-21-39-83(86)91-82)85-66-32-15-19-36-70(66)88(71-37-20-16-33-67(71)85)90-80-47-42-61(57-26-9-3-10-27-57)52-75(80)76-53-62(43-48-81(76)90)58-28-11-4-12-29-58/h1-54H. The maximum atomic E-state index is 6.98. The minimum atomic E-state index is 0.853. The van der Waals surface area contributed by atoms with Crippen LogP contribution in [0.5, 0.6) is 0 Å². The van der Waals surface area contributed by atoms with Gasteiger partial charge in [-0.1, -0.05) is 261 Å². The van der Waals surface area contributed by atoms with Crippen LogP contribution in [0.3, 0.4) is 0 Å². The van der Waals surface area contributed by atoms with Crippen LogP contribution in [0.4, 0.5) is 0 Å². The van der Waals surface area contributed by atoms with Gasteiger partial charge in [0.15, 0.2) is 0 Å². The van der Waals surface area contributed by atoms with Gasteiger partial charge in [0.05, 0.1) is 33.4 Å². The summed E-state index contributed by atoms with van der Waals surface area (Å²) in [6.45, 7) is 0. The van der Waals surface area contributed by atoms with Gasteiger partial charge in [-0.05, 0) is 155 Å². The number of hydrogen-bond donors (Lipinski definition) is 0. The molecule has 0 radical (unpaired) electrons. The molecule has 0 spiro atoms. The molecule has 3 heterocycles. The number of nitrogens with zero attached hydrogens (tertiary/aromatic N) is 2. The summed E-state index contributed by atoms with van der Waals surface area (Å²) >= 11 is 0. The van der Waals surface area contributed by atoms with Crippen LogP contribution in [-0.4, -0.2) is 9.13 Å². The Balaban J connectivity index is 0.827. The molecule has 0 fully saturated rings. The molecular weight excluding hydrogens is 1100 g/mol. The zero-order valence-electron chi connectivity index (χ0n) is 49.5. The van der Waals surface area contributed by atoms with E-state index in [4.69, 9.17) is 4.42 Å². The van der Waals surface area contributed by atoms with Gasteiger partial charge < -0.3 is 13.6 Å². The van der Waals surface area contributed by atoms with Crippen molar-refractivity contribution in [1.29, 1.82) is 0 Å². The Labute approximate surface area is 524 Å². The van der Waals surface area contributed by atoms with Crippen molar-refractivity contribution in [2.45, 2.75) is 0 Å². The lowest BCUT2D eigenvalue weighted by molar-refractivity contribution is 0.669. The minimum absolute atomic E-state index is 0.853. The molecule has 19 aromatic rings. The van der Waals surface area contributed by atoms with Crippen LogP contribution in [0, 0.1) is 0 Å². The third-order valence-electron chi connectivity index (χ3n) is 19.3. The van der Waals surface area contributed by atoms with E-state index < -0.39 is 0 Å². The average molecular weight is 1160 g/mol. The van der Waals surface area contributed by atoms with Gasteiger partial charge in [0.2, 0.25) is 0 Å². The topological polar surface area (TPSA) is 23.0 Å². The molecule has 16 aromatic carbocycles. The Morgan fingerprint density at radius 2 is 0.495 bits per heavy atom. The van der Waals surface area contributed by atoms with Gasteiger partial charge in [0, 0.05) is 53.9 Å². The normalized spacial score (nSPS) is 12.0. The number of benzene rings is 16. The quantitative estimate of drug-likeness (QED) is 0.139. The molecular formula is C88H54N2O. The summed E-state index contributed by atoms with van der Waals surface area (Å²) < 4.78 is 12.1. The second-order valence-corrected chi connectivity index (χ2v) is 24.2. The second kappa shape index (κ2) is 20.3. The smallest absolute Gasteiger partial charge is 0.136 e. The first kappa shape index (κ1) is 51.0. The molecule has 0 atom stereocenters. The molecule has 0 N–H and O–H groups in total. The zero-order chi connectivity index (χ0) is 59.7. The summed E-state index contributed by atoms with van der Waals surface area (Å²) in [5.74, 6) is 0. The maximum Gasteiger partial charge on any atom is 0.136 e. The van der Waals surface area contributed by atoms with Gasteiger partial charge in [-0.2, -0.15) is 0 Å². The molecule has 0 saturated carbocycles. The number of furan rings is 1. The van der Waals surface area contributed by atoms with Crippen molar-refractivity contribution in [3.8, 4) is 78.1 Å². The van der Waals surface area contributed by atoms with Crippen LogP contribution in [0.25, 0.3) is 187 Å². The fourth-order valence-electron chi connectivity index (χ4n) is 15.3. The first-order valence-electron chi connectivity index (χ1n) is 31.4. The summed E-state index contributed by atoms with van der Waals surface area (Å²) in [5.41, 5.74) is 22.9. The monoisotopic (exact) mass is 1150 g/mol. The molecule has 0 aliphatic heterocycles. The average Bonchev–Trinajstić information content (AvgIpc) is 1.72. The van der Waals surface area contributed by atoms with Crippen LogP contribution >= 0.6 is 0 Å². The zero-order valence-corrected chi connectivity index (χ0v) is 49.5. The summed E-state index contributed by atoms with van der Waals surface area (Å²) in [5, 5.41) is 16.5. The van der Waals surface area contributed by atoms with E-state index in [-0.39, 0.29) is 0 Å². The van der Waals surface area contributed by atoms with Crippen LogP contribution in [0.15, 0.2) is 332 Å². The number of rotatable bonds is 8. The molecule has 3 heteroatoms. The van der Waals surface area contributed by atoms with Gasteiger partial charge in [-0.15, -0.1) is 0 Å². The van der Waals surface area contributed by atoms with E-state index in [2.05, 4.69) is 337 Å². The molecule has 19 rings (SSSR count). The summed E-state index contributed by atoms with van der Waals surface area (Å²) in [6.07, 6.45) is 0. The van der Waals surface area contributed by atoms with E-state index in [1.54, 1.807) is 0 Å². The van der Waals surface area contributed by atoms with Crippen molar-refractivity contribution in [3.05, 3.63) is 328 Å². The molecule has 0 aliphatic rings. The third kappa shape index (κ3) is 7.88. The molecule has 0 amide bonds. The van der Waals surface area contributed by atoms with Crippen molar-refractivity contribution < 1.29 is 4.42 Å². The molecule has 3 aromatic heterocycles. The van der Waals surface area contributed by atoms with E-state index in [9.17, 15) is 0 Å². The van der Waals surface area contributed by atoms with Gasteiger partial charge in [-0.3, -0.25) is 0 Å². The molecule has 0 unspecified atom stereocenters. The highest BCUT2D eigenvalue weighted by atomic mass is 16.3. The van der Waals surface area contributed by atoms with Crippen LogP contribution < -0.4 is 0 Å². The van der Waals surface area contributed by atoms with Crippen molar-refractivity contribution in [2.24, 2.45) is 0 Å². The third-order valence-corrected chi connectivity index (χ3v) is 19.3. The summed E-state index contributed by atoms with van der Waals surface area (Å²) in [7, 11) is 0. The molecule has 3 nitrogen and oxygen atoms in total. The van der Waals surface area contributed by atoms with Crippen molar-refractivity contribution in [1.82, 2.24) is 9.13 Å². The first-order valence-corrected chi connectivity index (χ1v) is 31.4. The predicted molar refractivity (Wildman–Crippen MR) is 385 cm³/mol. The fraction of sp³-hybridized carbons (Fsp3) is 0. The van der Waals surface area contributed by atoms with Crippen LogP contribution in [-0.2, 0) is 0 Å². The van der Waals surface area contributed by atoms with Crippen molar-refractivity contribution >= 4 is 109 Å².